The molecular formula is C12H18N6O2S. The molecule has 9 heteroatoms. The number of hydrogen-bond donors (Lipinski definition) is 2. The van der Waals surface area contributed by atoms with Crippen LogP contribution in [0.3, 0.4) is 0 Å². The summed E-state index contributed by atoms with van der Waals surface area (Å²) in [5, 5.41) is 10.5. The van der Waals surface area contributed by atoms with Gasteiger partial charge in [0.1, 0.15) is 0 Å². The quantitative estimate of drug-likeness (QED) is 0.687. The van der Waals surface area contributed by atoms with E-state index in [1.54, 1.807) is 29.2 Å². The zero-order valence-electron chi connectivity index (χ0n) is 11.7. The number of nitrogens with zero attached hydrogens (tertiary/aromatic N) is 4. The van der Waals surface area contributed by atoms with Crippen LogP contribution in [0.1, 0.15) is 13.3 Å². The summed E-state index contributed by atoms with van der Waals surface area (Å²) in [5.74, 6) is 0. The highest BCUT2D eigenvalue weighted by Crippen LogP contribution is 2.17. The van der Waals surface area contributed by atoms with Crippen molar-refractivity contribution in [3.05, 3.63) is 30.7 Å². The van der Waals surface area contributed by atoms with Crippen LogP contribution in [-0.4, -0.2) is 41.5 Å². The maximum atomic E-state index is 12.2. The Morgan fingerprint density at radius 3 is 2.90 bits per heavy atom. The van der Waals surface area contributed by atoms with E-state index < -0.39 is 10.0 Å². The van der Waals surface area contributed by atoms with Crippen LogP contribution in [0.2, 0.25) is 0 Å². The number of nitrogens with one attached hydrogen (secondary N) is 2. The van der Waals surface area contributed by atoms with Gasteiger partial charge in [0.15, 0.2) is 5.03 Å². The summed E-state index contributed by atoms with van der Waals surface area (Å²) in [4.78, 5) is 3.96. The molecule has 2 aromatic heterocycles. The summed E-state index contributed by atoms with van der Waals surface area (Å²) in [6.45, 7) is 3.44. The Labute approximate surface area is 123 Å². The van der Waals surface area contributed by atoms with Crippen molar-refractivity contribution < 1.29 is 8.42 Å². The molecule has 114 valence electrons. The average molecular weight is 310 g/mol. The minimum atomic E-state index is -3.62. The van der Waals surface area contributed by atoms with Crippen LogP contribution in [0.25, 0.3) is 0 Å². The molecule has 0 aliphatic rings. The van der Waals surface area contributed by atoms with E-state index in [4.69, 9.17) is 0 Å². The maximum Gasteiger partial charge on any atom is 0.260 e. The summed E-state index contributed by atoms with van der Waals surface area (Å²) in [7, 11) is -3.62. The molecule has 0 atom stereocenters. The predicted octanol–water partition coefficient (Wildman–Crippen LogP) is 0.473. The molecule has 0 bridgehead atoms. The van der Waals surface area contributed by atoms with E-state index in [9.17, 15) is 8.42 Å². The van der Waals surface area contributed by atoms with Crippen molar-refractivity contribution in [2.75, 3.05) is 18.4 Å². The molecule has 0 aliphatic heterocycles. The van der Waals surface area contributed by atoms with Gasteiger partial charge < -0.3 is 5.32 Å². The SMILES string of the molecule is CCNc1cccnc1S(=O)(=O)NCCCn1ccnn1. The first-order valence-corrected chi connectivity index (χ1v) is 8.14. The molecule has 2 aromatic rings. The molecule has 0 saturated carbocycles. The second kappa shape index (κ2) is 7.14. The van der Waals surface area contributed by atoms with E-state index in [1.807, 2.05) is 6.92 Å². The zero-order valence-corrected chi connectivity index (χ0v) is 12.5. The van der Waals surface area contributed by atoms with Gasteiger partial charge in [0.2, 0.25) is 0 Å². The Balaban J connectivity index is 1.95. The van der Waals surface area contributed by atoms with Crippen molar-refractivity contribution in [2.24, 2.45) is 0 Å². The molecule has 21 heavy (non-hydrogen) atoms. The van der Waals surface area contributed by atoms with Crippen LogP contribution in [-0.2, 0) is 16.6 Å². The lowest BCUT2D eigenvalue weighted by Crippen LogP contribution is -2.27. The molecule has 0 unspecified atom stereocenters. The largest absolute Gasteiger partial charge is 0.383 e. The number of rotatable bonds is 8. The number of aryl methyl sites for hydroxylation is 1. The minimum Gasteiger partial charge on any atom is -0.383 e. The molecule has 2 rings (SSSR count). The van der Waals surface area contributed by atoms with Crippen LogP contribution >= 0.6 is 0 Å². The first-order chi connectivity index (χ1) is 10.1. The van der Waals surface area contributed by atoms with Crippen molar-refractivity contribution in [3.8, 4) is 0 Å². The molecule has 2 N–H and O–H groups in total. The Bertz CT molecular complexity index is 656. The van der Waals surface area contributed by atoms with Crippen molar-refractivity contribution in [3.63, 3.8) is 0 Å². The molecule has 0 saturated heterocycles. The highest BCUT2D eigenvalue weighted by molar-refractivity contribution is 7.89. The molecule has 0 aromatic carbocycles. The summed E-state index contributed by atoms with van der Waals surface area (Å²) in [6.07, 6.45) is 5.40. The lowest BCUT2D eigenvalue weighted by atomic mass is 10.4. The Morgan fingerprint density at radius 1 is 1.33 bits per heavy atom. The summed E-state index contributed by atoms with van der Waals surface area (Å²) < 4.78 is 28.7. The van der Waals surface area contributed by atoms with Gasteiger partial charge in [0.05, 0.1) is 11.9 Å². The topological polar surface area (TPSA) is 102 Å². The molecule has 2 heterocycles. The van der Waals surface area contributed by atoms with E-state index in [2.05, 4.69) is 25.3 Å². The maximum absolute atomic E-state index is 12.2. The van der Waals surface area contributed by atoms with E-state index in [-0.39, 0.29) is 5.03 Å². The van der Waals surface area contributed by atoms with Crippen LogP contribution < -0.4 is 10.0 Å². The number of anilines is 1. The normalized spacial score (nSPS) is 11.5. The first kappa shape index (κ1) is 15.4. The fourth-order valence-electron chi connectivity index (χ4n) is 1.80. The number of sulfonamides is 1. The fourth-order valence-corrected chi connectivity index (χ4v) is 2.98. The second-order valence-electron chi connectivity index (χ2n) is 4.30. The van der Waals surface area contributed by atoms with Gasteiger partial charge in [-0.2, -0.15) is 0 Å². The third-order valence-corrected chi connectivity index (χ3v) is 4.14. The molecule has 0 radical (unpaired) electrons. The Kier molecular flexibility index (Phi) is 5.23. The van der Waals surface area contributed by atoms with Crippen LogP contribution in [0, 0.1) is 0 Å². The monoisotopic (exact) mass is 310 g/mol. The standard InChI is InChI=1S/C12H18N6O2S/c1-2-13-11-5-3-6-14-12(11)21(19,20)16-7-4-9-18-10-8-15-17-18/h3,5-6,8,10,13,16H,2,4,7,9H2,1H3. The third kappa shape index (κ3) is 4.23. The van der Waals surface area contributed by atoms with Gasteiger partial charge in [-0.25, -0.2) is 18.1 Å². The van der Waals surface area contributed by atoms with Gasteiger partial charge in [-0.15, -0.1) is 5.10 Å². The van der Waals surface area contributed by atoms with Gasteiger partial charge in [0, 0.05) is 32.0 Å². The van der Waals surface area contributed by atoms with Crippen LogP contribution in [0.4, 0.5) is 5.69 Å². The predicted molar refractivity (Wildman–Crippen MR) is 78.2 cm³/mol. The van der Waals surface area contributed by atoms with Gasteiger partial charge in [-0.1, -0.05) is 5.21 Å². The van der Waals surface area contributed by atoms with E-state index in [1.165, 1.54) is 6.20 Å². The Morgan fingerprint density at radius 2 is 2.19 bits per heavy atom. The van der Waals surface area contributed by atoms with Crippen molar-refractivity contribution in [2.45, 2.75) is 24.9 Å². The third-order valence-electron chi connectivity index (χ3n) is 2.72. The lowest BCUT2D eigenvalue weighted by Gasteiger charge is -2.11. The molecular weight excluding hydrogens is 292 g/mol. The van der Waals surface area contributed by atoms with Gasteiger partial charge in [0.25, 0.3) is 10.0 Å². The lowest BCUT2D eigenvalue weighted by molar-refractivity contribution is 0.541. The fraction of sp³-hybridized carbons (Fsp3) is 0.417. The van der Waals surface area contributed by atoms with Gasteiger partial charge in [-0.3, -0.25) is 4.68 Å². The highest BCUT2D eigenvalue weighted by atomic mass is 32.2. The Hall–Kier alpha value is -2.00. The zero-order chi connectivity index (χ0) is 15.1. The van der Waals surface area contributed by atoms with E-state index in [0.29, 0.717) is 31.7 Å². The highest BCUT2D eigenvalue weighted by Gasteiger charge is 2.19. The smallest absolute Gasteiger partial charge is 0.260 e. The number of hydrogen-bond acceptors (Lipinski definition) is 6. The molecule has 0 aliphatic carbocycles. The molecule has 0 spiro atoms. The number of aromatic nitrogens is 4. The van der Waals surface area contributed by atoms with Crippen molar-refractivity contribution in [1.29, 1.82) is 0 Å². The number of pyridine rings is 1. The van der Waals surface area contributed by atoms with Crippen LogP contribution in [0.15, 0.2) is 35.7 Å². The van der Waals surface area contributed by atoms with Gasteiger partial charge >= 0.3 is 0 Å². The molecule has 0 amide bonds. The molecule has 8 nitrogen and oxygen atoms in total. The summed E-state index contributed by atoms with van der Waals surface area (Å²) in [5.41, 5.74) is 0.503. The minimum absolute atomic E-state index is 0.0209. The van der Waals surface area contributed by atoms with Crippen LogP contribution in [0.5, 0.6) is 0 Å². The van der Waals surface area contributed by atoms with Crippen molar-refractivity contribution in [1.82, 2.24) is 24.7 Å². The van der Waals surface area contributed by atoms with E-state index >= 15 is 0 Å². The van der Waals surface area contributed by atoms with Gasteiger partial charge in [-0.05, 0) is 25.5 Å². The van der Waals surface area contributed by atoms with E-state index in [0.717, 1.165) is 0 Å². The summed E-state index contributed by atoms with van der Waals surface area (Å²) >= 11 is 0. The average Bonchev–Trinajstić information content (AvgIpc) is 2.98. The van der Waals surface area contributed by atoms with Crippen molar-refractivity contribution >= 4 is 15.7 Å². The molecule has 0 fully saturated rings. The second-order valence-corrected chi connectivity index (χ2v) is 5.99. The summed E-state index contributed by atoms with van der Waals surface area (Å²) in [6, 6.07) is 3.39. The first-order valence-electron chi connectivity index (χ1n) is 6.66.